The largest absolute Gasteiger partial charge is 0.493 e. The van der Waals surface area contributed by atoms with Crippen LogP contribution < -0.4 is 14.4 Å². The van der Waals surface area contributed by atoms with Crippen molar-refractivity contribution in [2.75, 3.05) is 45.2 Å². The Morgan fingerprint density at radius 3 is 2.58 bits per heavy atom. The van der Waals surface area contributed by atoms with E-state index in [9.17, 15) is 10.1 Å². The smallest absolute Gasteiger partial charge is 0.373 e. The summed E-state index contributed by atoms with van der Waals surface area (Å²) in [5, 5.41) is 12.2. The first kappa shape index (κ1) is 18.2. The van der Waals surface area contributed by atoms with E-state index in [0.29, 0.717) is 23.9 Å². The number of nitro groups is 1. The molecule has 1 aromatic heterocycles. The molecule has 10 heteroatoms. The fourth-order valence-electron chi connectivity index (χ4n) is 2.67. The van der Waals surface area contributed by atoms with E-state index in [1.807, 2.05) is 11.9 Å². The summed E-state index contributed by atoms with van der Waals surface area (Å²) in [7, 11) is 3.47. The van der Waals surface area contributed by atoms with Gasteiger partial charge in [-0.3, -0.25) is 10.1 Å². The molecule has 26 heavy (non-hydrogen) atoms. The summed E-state index contributed by atoms with van der Waals surface area (Å²) in [6.45, 7) is 2.86. The highest BCUT2D eigenvalue weighted by atomic mass is 35.5. The van der Waals surface area contributed by atoms with Crippen LogP contribution in [0.25, 0.3) is 0 Å². The average molecular weight is 380 g/mol. The molecule has 0 spiro atoms. The van der Waals surface area contributed by atoms with E-state index in [-0.39, 0.29) is 23.1 Å². The molecule has 138 valence electrons. The SMILES string of the molecule is COc1cc(Cl)ccc1Oc1ncnc(N2CCN(C)CC2)c1[N+](=O)[O-]. The number of benzene rings is 1. The predicted molar refractivity (Wildman–Crippen MR) is 96.5 cm³/mol. The van der Waals surface area contributed by atoms with Gasteiger partial charge in [0, 0.05) is 37.3 Å². The molecule has 9 nitrogen and oxygen atoms in total. The van der Waals surface area contributed by atoms with Crippen molar-refractivity contribution >= 4 is 23.1 Å². The number of hydrogen-bond acceptors (Lipinski definition) is 8. The summed E-state index contributed by atoms with van der Waals surface area (Å²) < 4.78 is 10.9. The normalized spacial score (nSPS) is 15.0. The van der Waals surface area contributed by atoms with Gasteiger partial charge in [-0.2, -0.15) is 4.98 Å². The van der Waals surface area contributed by atoms with Crippen LogP contribution in [0.3, 0.4) is 0 Å². The van der Waals surface area contributed by atoms with Crippen molar-refractivity contribution in [2.45, 2.75) is 0 Å². The molecule has 0 bridgehead atoms. The van der Waals surface area contributed by atoms with E-state index >= 15 is 0 Å². The molecule has 1 aliphatic rings. The lowest BCUT2D eigenvalue weighted by Gasteiger charge is -2.32. The first-order valence-corrected chi connectivity index (χ1v) is 8.31. The summed E-state index contributed by atoms with van der Waals surface area (Å²) in [6.07, 6.45) is 1.26. The maximum atomic E-state index is 11.7. The monoisotopic (exact) mass is 379 g/mol. The highest BCUT2D eigenvalue weighted by Crippen LogP contribution is 2.39. The topological polar surface area (TPSA) is 93.9 Å². The molecular weight excluding hydrogens is 362 g/mol. The molecule has 1 aromatic carbocycles. The minimum absolute atomic E-state index is 0.139. The molecule has 2 heterocycles. The Balaban J connectivity index is 1.97. The number of rotatable bonds is 5. The minimum atomic E-state index is -0.522. The molecule has 0 aliphatic carbocycles. The third kappa shape index (κ3) is 3.78. The summed E-state index contributed by atoms with van der Waals surface area (Å²) in [4.78, 5) is 23.3. The molecule has 1 fully saturated rings. The zero-order chi connectivity index (χ0) is 18.7. The Morgan fingerprint density at radius 2 is 1.92 bits per heavy atom. The first-order chi connectivity index (χ1) is 12.5. The minimum Gasteiger partial charge on any atom is -0.493 e. The molecule has 1 saturated heterocycles. The van der Waals surface area contributed by atoms with Gasteiger partial charge in [-0.05, 0) is 19.2 Å². The number of anilines is 1. The van der Waals surface area contributed by atoms with Crippen LogP contribution in [-0.4, -0.2) is 60.1 Å². The third-order valence-electron chi connectivity index (χ3n) is 4.09. The van der Waals surface area contributed by atoms with Crippen molar-refractivity contribution in [1.29, 1.82) is 0 Å². The van der Waals surface area contributed by atoms with Crippen LogP contribution >= 0.6 is 11.6 Å². The van der Waals surface area contributed by atoms with Crippen LogP contribution in [0.4, 0.5) is 11.5 Å². The van der Waals surface area contributed by atoms with Crippen molar-refractivity contribution in [3.63, 3.8) is 0 Å². The zero-order valence-electron chi connectivity index (χ0n) is 14.4. The Labute approximate surface area is 155 Å². The van der Waals surface area contributed by atoms with Crippen LogP contribution in [0.15, 0.2) is 24.5 Å². The number of hydrogen-bond donors (Lipinski definition) is 0. The van der Waals surface area contributed by atoms with Gasteiger partial charge in [-0.1, -0.05) is 11.6 Å². The van der Waals surface area contributed by atoms with E-state index in [1.54, 1.807) is 18.2 Å². The van der Waals surface area contributed by atoms with Crippen LogP contribution in [0.5, 0.6) is 17.4 Å². The Hall–Kier alpha value is -2.65. The number of piperazine rings is 1. The van der Waals surface area contributed by atoms with Crippen molar-refractivity contribution < 1.29 is 14.4 Å². The average Bonchev–Trinajstić information content (AvgIpc) is 2.63. The number of nitrogens with zero attached hydrogens (tertiary/aromatic N) is 5. The van der Waals surface area contributed by atoms with Crippen LogP contribution in [-0.2, 0) is 0 Å². The van der Waals surface area contributed by atoms with Gasteiger partial charge >= 0.3 is 11.6 Å². The molecule has 0 unspecified atom stereocenters. The predicted octanol–water partition coefficient (Wildman–Crippen LogP) is 2.59. The van der Waals surface area contributed by atoms with Gasteiger partial charge in [0.2, 0.25) is 5.82 Å². The molecule has 0 radical (unpaired) electrons. The van der Waals surface area contributed by atoms with E-state index in [0.717, 1.165) is 13.1 Å². The second-order valence-corrected chi connectivity index (χ2v) is 6.23. The van der Waals surface area contributed by atoms with Gasteiger partial charge in [-0.25, -0.2) is 4.98 Å². The molecular formula is C16H18ClN5O4. The maximum Gasteiger partial charge on any atom is 0.373 e. The number of methoxy groups -OCH3 is 1. The lowest BCUT2D eigenvalue weighted by molar-refractivity contribution is -0.385. The Morgan fingerprint density at radius 1 is 1.19 bits per heavy atom. The van der Waals surface area contributed by atoms with Crippen molar-refractivity contribution in [3.05, 3.63) is 39.7 Å². The van der Waals surface area contributed by atoms with E-state index < -0.39 is 4.92 Å². The van der Waals surface area contributed by atoms with E-state index in [1.165, 1.54) is 13.4 Å². The second kappa shape index (κ2) is 7.71. The Kier molecular flexibility index (Phi) is 5.38. The third-order valence-corrected chi connectivity index (χ3v) is 4.32. The van der Waals surface area contributed by atoms with Crippen LogP contribution in [0, 0.1) is 10.1 Å². The molecule has 0 N–H and O–H groups in total. The summed E-state index contributed by atoms with van der Waals surface area (Å²) in [5.74, 6) is 0.746. The van der Waals surface area contributed by atoms with Gasteiger partial charge < -0.3 is 19.3 Å². The van der Waals surface area contributed by atoms with E-state index in [2.05, 4.69) is 14.9 Å². The lowest BCUT2D eigenvalue weighted by Crippen LogP contribution is -2.45. The zero-order valence-corrected chi connectivity index (χ0v) is 15.1. The lowest BCUT2D eigenvalue weighted by atomic mass is 10.3. The molecule has 3 rings (SSSR count). The number of aromatic nitrogens is 2. The second-order valence-electron chi connectivity index (χ2n) is 5.80. The maximum absolute atomic E-state index is 11.7. The number of likely N-dealkylation sites (N-methyl/N-ethyl adjacent to an activating group) is 1. The molecule has 1 aliphatic heterocycles. The molecule has 0 atom stereocenters. The van der Waals surface area contributed by atoms with Gasteiger partial charge in [0.25, 0.3) is 0 Å². The Bertz CT molecular complexity index is 811. The fraction of sp³-hybridized carbons (Fsp3) is 0.375. The first-order valence-electron chi connectivity index (χ1n) is 7.94. The van der Waals surface area contributed by atoms with Crippen LogP contribution in [0.2, 0.25) is 5.02 Å². The molecule has 0 saturated carbocycles. The van der Waals surface area contributed by atoms with Crippen molar-refractivity contribution in [2.24, 2.45) is 0 Å². The van der Waals surface area contributed by atoms with Crippen molar-refractivity contribution in [1.82, 2.24) is 14.9 Å². The summed E-state index contributed by atoms with van der Waals surface area (Å²) >= 11 is 5.94. The summed E-state index contributed by atoms with van der Waals surface area (Å²) in [6, 6.07) is 4.74. The van der Waals surface area contributed by atoms with Gasteiger partial charge in [0.1, 0.15) is 6.33 Å². The standard InChI is InChI=1S/C16H18ClN5O4/c1-20-5-7-21(8-6-20)15-14(22(23)24)16(19-10-18-15)26-12-4-3-11(17)9-13(12)25-2/h3-4,9-10H,5-8H2,1-2H3. The number of ether oxygens (including phenoxy) is 2. The van der Waals surface area contributed by atoms with Gasteiger partial charge in [0.05, 0.1) is 12.0 Å². The van der Waals surface area contributed by atoms with E-state index in [4.69, 9.17) is 21.1 Å². The van der Waals surface area contributed by atoms with Gasteiger partial charge in [0.15, 0.2) is 11.5 Å². The van der Waals surface area contributed by atoms with Gasteiger partial charge in [-0.15, -0.1) is 0 Å². The van der Waals surface area contributed by atoms with Crippen LogP contribution in [0.1, 0.15) is 0 Å². The highest BCUT2D eigenvalue weighted by molar-refractivity contribution is 6.30. The summed E-state index contributed by atoms with van der Waals surface area (Å²) in [5.41, 5.74) is -0.269. The number of halogens is 1. The van der Waals surface area contributed by atoms with Crippen molar-refractivity contribution in [3.8, 4) is 17.4 Å². The quantitative estimate of drug-likeness (QED) is 0.578. The highest BCUT2D eigenvalue weighted by Gasteiger charge is 2.30. The molecule has 0 amide bonds. The molecule has 2 aromatic rings. The fourth-order valence-corrected chi connectivity index (χ4v) is 2.83.